The van der Waals surface area contributed by atoms with Crippen molar-refractivity contribution in [3.63, 3.8) is 0 Å². The van der Waals surface area contributed by atoms with Gasteiger partial charge in [-0.15, -0.1) is 0 Å². The first kappa shape index (κ1) is 20.2. The summed E-state index contributed by atoms with van der Waals surface area (Å²) in [5.74, 6) is -0.642. The highest BCUT2D eigenvalue weighted by molar-refractivity contribution is 5.74. The molecule has 1 aromatic carbocycles. The van der Waals surface area contributed by atoms with Gasteiger partial charge in [0.25, 0.3) is 0 Å². The van der Waals surface area contributed by atoms with Crippen LogP contribution in [0.4, 0.5) is 5.69 Å². The van der Waals surface area contributed by atoms with Crippen molar-refractivity contribution in [1.82, 2.24) is 10.2 Å². The number of hydrogen-bond donors (Lipinski definition) is 2. The van der Waals surface area contributed by atoms with Gasteiger partial charge in [-0.1, -0.05) is 18.2 Å². The number of nitrogens with zero attached hydrogens (tertiary/aromatic N) is 2. The first-order valence-corrected chi connectivity index (χ1v) is 10.3. The molecule has 5 heteroatoms. The largest absolute Gasteiger partial charge is 0.481 e. The fraction of sp³-hybridized carbons (Fsp3) is 0.682. The summed E-state index contributed by atoms with van der Waals surface area (Å²) in [5, 5.41) is 13.2. The average Bonchev–Trinajstić information content (AvgIpc) is 2.64. The monoisotopic (exact) mass is 373 g/mol. The lowest BCUT2D eigenvalue weighted by atomic mass is 9.73. The molecule has 0 unspecified atom stereocenters. The van der Waals surface area contributed by atoms with Crippen LogP contribution in [0.15, 0.2) is 30.3 Å². The first-order valence-electron chi connectivity index (χ1n) is 10.3. The van der Waals surface area contributed by atoms with Gasteiger partial charge in [-0.2, -0.15) is 0 Å². The Balaban J connectivity index is 1.45. The Morgan fingerprint density at radius 2 is 1.74 bits per heavy atom. The lowest BCUT2D eigenvalue weighted by Crippen LogP contribution is -2.57. The van der Waals surface area contributed by atoms with Crippen LogP contribution in [0.3, 0.4) is 0 Å². The maximum absolute atomic E-state index is 11.4. The lowest BCUT2D eigenvalue weighted by molar-refractivity contribution is -0.150. The summed E-state index contributed by atoms with van der Waals surface area (Å²) in [4.78, 5) is 16.4. The lowest BCUT2D eigenvalue weighted by Gasteiger charge is -2.43. The quantitative estimate of drug-likeness (QED) is 0.802. The van der Waals surface area contributed by atoms with E-state index in [1.807, 2.05) is 6.92 Å². The summed E-state index contributed by atoms with van der Waals surface area (Å²) >= 11 is 0. The van der Waals surface area contributed by atoms with Crippen molar-refractivity contribution in [2.24, 2.45) is 5.41 Å². The molecule has 1 heterocycles. The zero-order chi connectivity index (χ0) is 19.5. The molecule has 0 atom stereocenters. The van der Waals surface area contributed by atoms with Gasteiger partial charge in [0.15, 0.2) is 0 Å². The van der Waals surface area contributed by atoms with E-state index in [9.17, 15) is 9.90 Å². The number of carboxylic acid groups (broad SMARTS) is 1. The fourth-order valence-corrected chi connectivity index (χ4v) is 4.57. The Bertz CT molecular complexity index is 616. The van der Waals surface area contributed by atoms with Crippen molar-refractivity contribution >= 4 is 11.7 Å². The van der Waals surface area contributed by atoms with E-state index in [0.717, 1.165) is 58.4 Å². The summed E-state index contributed by atoms with van der Waals surface area (Å²) in [6, 6.07) is 11.1. The molecule has 2 N–H and O–H groups in total. The molecule has 1 aliphatic carbocycles. The molecule has 1 aliphatic heterocycles. The normalized spacial score (nSPS) is 27.5. The fourth-order valence-electron chi connectivity index (χ4n) is 4.57. The third-order valence-corrected chi connectivity index (χ3v) is 6.31. The number of nitrogens with one attached hydrogen (secondary N) is 1. The topological polar surface area (TPSA) is 55.8 Å². The summed E-state index contributed by atoms with van der Waals surface area (Å²) in [5.41, 5.74) is 0.824. The SMILES string of the molecule is CC(C)(CN1CCN(c2ccccc2)CC1)NC1CCC(C)(C(=O)O)CC1. The predicted octanol–water partition coefficient (Wildman–Crippen LogP) is 3.21. The summed E-state index contributed by atoms with van der Waals surface area (Å²) in [7, 11) is 0. The number of para-hydroxylation sites is 1. The van der Waals surface area contributed by atoms with Crippen LogP contribution < -0.4 is 10.2 Å². The number of benzene rings is 1. The zero-order valence-electron chi connectivity index (χ0n) is 17.1. The molecule has 2 aliphatic rings. The average molecular weight is 374 g/mol. The van der Waals surface area contributed by atoms with Gasteiger partial charge in [-0.05, 0) is 58.6 Å². The van der Waals surface area contributed by atoms with E-state index in [2.05, 4.69) is 59.3 Å². The standard InChI is InChI=1S/C22H35N3O2/c1-21(2,23-18-9-11-22(3,12-10-18)20(26)27)17-24-13-15-25(16-14-24)19-7-5-4-6-8-19/h4-8,18,23H,9-17H2,1-3H3,(H,26,27). The molecular formula is C22H35N3O2. The van der Waals surface area contributed by atoms with E-state index in [1.54, 1.807) is 0 Å². The second kappa shape index (κ2) is 8.19. The molecule has 0 bridgehead atoms. The number of hydrogen-bond acceptors (Lipinski definition) is 4. The molecule has 5 nitrogen and oxygen atoms in total. The van der Waals surface area contributed by atoms with Gasteiger partial charge in [-0.25, -0.2) is 0 Å². The Morgan fingerprint density at radius 1 is 1.15 bits per heavy atom. The number of rotatable bonds is 6. The van der Waals surface area contributed by atoms with Crippen molar-refractivity contribution in [1.29, 1.82) is 0 Å². The van der Waals surface area contributed by atoms with E-state index in [4.69, 9.17) is 0 Å². The highest BCUT2D eigenvalue weighted by Crippen LogP contribution is 2.36. The van der Waals surface area contributed by atoms with Crippen LogP contribution in [0.2, 0.25) is 0 Å². The van der Waals surface area contributed by atoms with Crippen LogP contribution >= 0.6 is 0 Å². The Morgan fingerprint density at radius 3 is 2.30 bits per heavy atom. The summed E-state index contributed by atoms with van der Waals surface area (Å²) < 4.78 is 0. The maximum Gasteiger partial charge on any atom is 0.309 e. The number of anilines is 1. The van der Waals surface area contributed by atoms with Crippen LogP contribution in [0.1, 0.15) is 46.5 Å². The molecule has 1 saturated heterocycles. The first-order chi connectivity index (χ1) is 12.8. The zero-order valence-corrected chi connectivity index (χ0v) is 17.1. The van der Waals surface area contributed by atoms with Crippen molar-refractivity contribution in [3.8, 4) is 0 Å². The molecule has 0 amide bonds. The van der Waals surface area contributed by atoms with Gasteiger partial charge in [0.05, 0.1) is 5.41 Å². The van der Waals surface area contributed by atoms with Gasteiger partial charge in [0.2, 0.25) is 0 Å². The van der Waals surface area contributed by atoms with E-state index in [0.29, 0.717) is 6.04 Å². The van der Waals surface area contributed by atoms with Gasteiger partial charge in [-0.3, -0.25) is 9.69 Å². The predicted molar refractivity (Wildman–Crippen MR) is 110 cm³/mol. The smallest absolute Gasteiger partial charge is 0.309 e. The van der Waals surface area contributed by atoms with Gasteiger partial charge >= 0.3 is 5.97 Å². The minimum atomic E-state index is -0.642. The van der Waals surface area contributed by atoms with Gasteiger partial charge in [0.1, 0.15) is 0 Å². The molecule has 0 aromatic heterocycles. The van der Waals surface area contributed by atoms with Crippen LogP contribution in [-0.4, -0.2) is 60.3 Å². The van der Waals surface area contributed by atoms with E-state index in [-0.39, 0.29) is 5.54 Å². The number of aliphatic carboxylic acids is 1. The molecule has 0 spiro atoms. The van der Waals surface area contributed by atoms with Crippen molar-refractivity contribution < 1.29 is 9.90 Å². The molecule has 0 radical (unpaired) electrons. The molecule has 150 valence electrons. The van der Waals surface area contributed by atoms with E-state index < -0.39 is 11.4 Å². The molecule has 2 fully saturated rings. The van der Waals surface area contributed by atoms with Crippen molar-refractivity contribution in [2.75, 3.05) is 37.6 Å². The Labute approximate surface area is 163 Å². The van der Waals surface area contributed by atoms with Crippen LogP contribution in [0, 0.1) is 5.41 Å². The molecule has 1 aromatic rings. The number of carbonyl (C=O) groups is 1. The van der Waals surface area contributed by atoms with Crippen molar-refractivity contribution in [3.05, 3.63) is 30.3 Å². The van der Waals surface area contributed by atoms with E-state index in [1.165, 1.54) is 5.69 Å². The number of piperazine rings is 1. The third-order valence-electron chi connectivity index (χ3n) is 6.31. The highest BCUT2D eigenvalue weighted by atomic mass is 16.4. The minimum Gasteiger partial charge on any atom is -0.481 e. The second-order valence-electron chi connectivity index (χ2n) is 9.27. The number of carboxylic acids is 1. The van der Waals surface area contributed by atoms with Gasteiger partial charge < -0.3 is 15.3 Å². The van der Waals surface area contributed by atoms with Crippen molar-refractivity contribution in [2.45, 2.75) is 58.0 Å². The Kier molecular flexibility index (Phi) is 6.11. The van der Waals surface area contributed by atoms with Crippen LogP contribution in [0.25, 0.3) is 0 Å². The highest BCUT2D eigenvalue weighted by Gasteiger charge is 2.38. The van der Waals surface area contributed by atoms with Crippen LogP contribution in [0.5, 0.6) is 0 Å². The molecule has 27 heavy (non-hydrogen) atoms. The maximum atomic E-state index is 11.4. The summed E-state index contributed by atoms with van der Waals surface area (Å²) in [6.07, 6.45) is 3.44. The molecular weight excluding hydrogens is 338 g/mol. The molecule has 1 saturated carbocycles. The second-order valence-corrected chi connectivity index (χ2v) is 9.27. The summed E-state index contributed by atoms with van der Waals surface area (Å²) in [6.45, 7) is 11.8. The Hall–Kier alpha value is -1.59. The van der Waals surface area contributed by atoms with Crippen LogP contribution in [-0.2, 0) is 4.79 Å². The minimum absolute atomic E-state index is 0.0382. The molecule has 3 rings (SSSR count). The van der Waals surface area contributed by atoms with Gasteiger partial charge in [0, 0.05) is 50.0 Å². The third kappa shape index (κ3) is 5.23. The van der Waals surface area contributed by atoms with E-state index >= 15 is 0 Å².